The molecule has 2 atom stereocenters. The standard InChI is InChI=1S/C13H25NO3/c1-12(2)13(6-9-16-12)11(5-4-8-15-3)14-7-10-17-13/h11,14H,4-10H2,1-3H3. The molecule has 2 unspecified atom stereocenters. The third kappa shape index (κ3) is 2.36. The first-order valence-corrected chi connectivity index (χ1v) is 6.63. The third-order valence-corrected chi connectivity index (χ3v) is 4.21. The Hall–Kier alpha value is -0.160. The molecule has 2 aliphatic heterocycles. The maximum absolute atomic E-state index is 6.16. The van der Waals surface area contributed by atoms with Crippen molar-refractivity contribution in [3.63, 3.8) is 0 Å². The van der Waals surface area contributed by atoms with Crippen LogP contribution in [0.5, 0.6) is 0 Å². The molecule has 0 aromatic heterocycles. The molecular formula is C13H25NO3. The Labute approximate surface area is 104 Å². The Morgan fingerprint density at radius 3 is 2.76 bits per heavy atom. The number of methoxy groups -OCH3 is 1. The van der Waals surface area contributed by atoms with Gasteiger partial charge in [0.25, 0.3) is 0 Å². The van der Waals surface area contributed by atoms with Crippen LogP contribution in [0.15, 0.2) is 0 Å². The largest absolute Gasteiger partial charge is 0.385 e. The number of hydrogen-bond acceptors (Lipinski definition) is 4. The fourth-order valence-electron chi connectivity index (χ4n) is 3.22. The molecule has 4 nitrogen and oxygen atoms in total. The Morgan fingerprint density at radius 2 is 2.12 bits per heavy atom. The van der Waals surface area contributed by atoms with Crippen LogP contribution in [-0.4, -0.2) is 50.7 Å². The molecule has 0 amide bonds. The fraction of sp³-hybridized carbons (Fsp3) is 1.00. The third-order valence-electron chi connectivity index (χ3n) is 4.21. The van der Waals surface area contributed by atoms with E-state index >= 15 is 0 Å². The first kappa shape index (κ1) is 13.3. The Kier molecular flexibility index (Phi) is 4.08. The number of rotatable bonds is 4. The summed E-state index contributed by atoms with van der Waals surface area (Å²) in [5.41, 5.74) is -0.350. The van der Waals surface area contributed by atoms with E-state index in [1.807, 2.05) is 0 Å². The van der Waals surface area contributed by atoms with Crippen molar-refractivity contribution in [3.8, 4) is 0 Å². The fourth-order valence-corrected chi connectivity index (χ4v) is 3.22. The van der Waals surface area contributed by atoms with Gasteiger partial charge in [0, 0.05) is 32.7 Å². The van der Waals surface area contributed by atoms with E-state index in [0.717, 1.165) is 45.6 Å². The summed E-state index contributed by atoms with van der Waals surface area (Å²) in [7, 11) is 1.75. The predicted molar refractivity (Wildman–Crippen MR) is 66.2 cm³/mol. The molecule has 2 aliphatic rings. The molecule has 1 spiro atoms. The van der Waals surface area contributed by atoms with Crippen molar-refractivity contribution in [3.05, 3.63) is 0 Å². The summed E-state index contributed by atoms with van der Waals surface area (Å²) in [6.45, 7) is 7.64. The molecule has 17 heavy (non-hydrogen) atoms. The minimum atomic E-state index is -0.196. The van der Waals surface area contributed by atoms with Gasteiger partial charge in [-0.3, -0.25) is 0 Å². The molecule has 0 aromatic carbocycles. The summed E-state index contributed by atoms with van der Waals surface area (Å²) < 4.78 is 17.2. The van der Waals surface area contributed by atoms with Crippen molar-refractivity contribution < 1.29 is 14.2 Å². The topological polar surface area (TPSA) is 39.7 Å². The van der Waals surface area contributed by atoms with Crippen LogP contribution in [0.3, 0.4) is 0 Å². The molecule has 0 aliphatic carbocycles. The van der Waals surface area contributed by atoms with Gasteiger partial charge in [-0.25, -0.2) is 0 Å². The van der Waals surface area contributed by atoms with E-state index in [9.17, 15) is 0 Å². The zero-order valence-electron chi connectivity index (χ0n) is 11.3. The van der Waals surface area contributed by atoms with Gasteiger partial charge >= 0.3 is 0 Å². The van der Waals surface area contributed by atoms with E-state index in [2.05, 4.69) is 19.2 Å². The summed E-state index contributed by atoms with van der Waals surface area (Å²) in [4.78, 5) is 0. The van der Waals surface area contributed by atoms with Gasteiger partial charge in [0.2, 0.25) is 0 Å². The summed E-state index contributed by atoms with van der Waals surface area (Å²) >= 11 is 0. The molecule has 2 heterocycles. The van der Waals surface area contributed by atoms with Gasteiger partial charge in [-0.1, -0.05) is 0 Å². The van der Waals surface area contributed by atoms with Gasteiger partial charge in [-0.05, 0) is 26.7 Å². The van der Waals surface area contributed by atoms with Crippen LogP contribution in [0.1, 0.15) is 33.1 Å². The second kappa shape index (κ2) is 5.22. The number of morpholine rings is 1. The maximum Gasteiger partial charge on any atom is 0.114 e. The van der Waals surface area contributed by atoms with Crippen LogP contribution in [0.4, 0.5) is 0 Å². The molecule has 2 rings (SSSR count). The highest BCUT2D eigenvalue weighted by Crippen LogP contribution is 2.43. The maximum atomic E-state index is 6.16. The number of ether oxygens (including phenoxy) is 3. The first-order valence-electron chi connectivity index (χ1n) is 6.63. The van der Waals surface area contributed by atoms with Crippen LogP contribution < -0.4 is 5.32 Å². The quantitative estimate of drug-likeness (QED) is 0.756. The molecule has 0 bridgehead atoms. The Bertz CT molecular complexity index is 257. The van der Waals surface area contributed by atoms with E-state index in [0.29, 0.717) is 6.04 Å². The molecule has 0 aromatic rings. The van der Waals surface area contributed by atoms with Gasteiger partial charge in [0.05, 0.1) is 18.8 Å². The first-order chi connectivity index (χ1) is 8.12. The molecule has 0 radical (unpaired) electrons. The Morgan fingerprint density at radius 1 is 1.29 bits per heavy atom. The minimum Gasteiger partial charge on any atom is -0.385 e. The Balaban J connectivity index is 2.06. The van der Waals surface area contributed by atoms with Crippen molar-refractivity contribution in [1.82, 2.24) is 5.32 Å². The average Bonchev–Trinajstić information content (AvgIpc) is 2.58. The zero-order valence-corrected chi connectivity index (χ0v) is 11.3. The van der Waals surface area contributed by atoms with Crippen molar-refractivity contribution in [2.24, 2.45) is 0 Å². The van der Waals surface area contributed by atoms with Crippen LogP contribution in [-0.2, 0) is 14.2 Å². The lowest BCUT2D eigenvalue weighted by Gasteiger charge is -2.48. The smallest absolute Gasteiger partial charge is 0.114 e. The van der Waals surface area contributed by atoms with Crippen LogP contribution in [0, 0.1) is 0 Å². The van der Waals surface area contributed by atoms with Crippen molar-refractivity contribution in [1.29, 1.82) is 0 Å². The van der Waals surface area contributed by atoms with Crippen LogP contribution >= 0.6 is 0 Å². The highest BCUT2D eigenvalue weighted by Gasteiger charge is 2.57. The van der Waals surface area contributed by atoms with Crippen LogP contribution in [0.25, 0.3) is 0 Å². The zero-order chi connectivity index (χ0) is 12.4. The van der Waals surface area contributed by atoms with E-state index in [1.54, 1.807) is 7.11 Å². The van der Waals surface area contributed by atoms with Crippen LogP contribution in [0.2, 0.25) is 0 Å². The highest BCUT2D eigenvalue weighted by molar-refractivity contribution is 5.09. The SMILES string of the molecule is COCCCC1NCCOC12CCOC2(C)C. The summed E-state index contributed by atoms with van der Waals surface area (Å²) in [6.07, 6.45) is 3.14. The number of nitrogens with one attached hydrogen (secondary N) is 1. The molecule has 2 saturated heterocycles. The average molecular weight is 243 g/mol. The van der Waals surface area contributed by atoms with Gasteiger partial charge in [0.1, 0.15) is 5.60 Å². The monoisotopic (exact) mass is 243 g/mol. The van der Waals surface area contributed by atoms with Gasteiger partial charge in [-0.2, -0.15) is 0 Å². The molecule has 1 N–H and O–H groups in total. The number of hydrogen-bond donors (Lipinski definition) is 1. The molecule has 100 valence electrons. The van der Waals surface area contributed by atoms with Gasteiger partial charge < -0.3 is 19.5 Å². The highest BCUT2D eigenvalue weighted by atomic mass is 16.6. The van der Waals surface area contributed by atoms with E-state index in [1.165, 1.54) is 0 Å². The summed E-state index contributed by atoms with van der Waals surface area (Å²) in [5, 5.41) is 3.61. The van der Waals surface area contributed by atoms with Crippen molar-refractivity contribution >= 4 is 0 Å². The lowest BCUT2D eigenvalue weighted by Crippen LogP contribution is -2.65. The lowest BCUT2D eigenvalue weighted by molar-refractivity contribution is -0.172. The lowest BCUT2D eigenvalue weighted by atomic mass is 9.76. The second-order valence-corrected chi connectivity index (χ2v) is 5.49. The van der Waals surface area contributed by atoms with E-state index in [-0.39, 0.29) is 11.2 Å². The minimum absolute atomic E-state index is 0.154. The predicted octanol–water partition coefficient (Wildman–Crippen LogP) is 1.34. The summed E-state index contributed by atoms with van der Waals surface area (Å²) in [5.74, 6) is 0. The molecular weight excluding hydrogens is 218 g/mol. The van der Waals surface area contributed by atoms with E-state index in [4.69, 9.17) is 14.2 Å². The summed E-state index contributed by atoms with van der Waals surface area (Å²) in [6, 6.07) is 0.379. The molecule has 0 saturated carbocycles. The molecule has 4 heteroatoms. The van der Waals surface area contributed by atoms with E-state index < -0.39 is 0 Å². The van der Waals surface area contributed by atoms with Crippen molar-refractivity contribution in [2.45, 2.75) is 50.4 Å². The normalized spacial score (nSPS) is 36.5. The van der Waals surface area contributed by atoms with Crippen molar-refractivity contribution in [2.75, 3.05) is 33.5 Å². The van der Waals surface area contributed by atoms with Gasteiger partial charge in [0.15, 0.2) is 0 Å². The molecule has 2 fully saturated rings. The second-order valence-electron chi connectivity index (χ2n) is 5.49. The van der Waals surface area contributed by atoms with Gasteiger partial charge in [-0.15, -0.1) is 0 Å².